The minimum absolute atomic E-state index is 0.115. The molecular formula is C17H20N4O2S. The lowest BCUT2D eigenvalue weighted by Crippen LogP contribution is -2.09. The molecule has 0 fully saturated rings. The number of para-hydroxylation sites is 2. The van der Waals surface area contributed by atoms with Crippen LogP contribution in [0.4, 0.5) is 5.82 Å². The number of thioether (sulfide) groups is 1. The summed E-state index contributed by atoms with van der Waals surface area (Å²) in [6, 6.07) is 9.36. The lowest BCUT2D eigenvalue weighted by molar-refractivity contribution is 0.279. The summed E-state index contributed by atoms with van der Waals surface area (Å²) in [6.45, 7) is 4.30. The van der Waals surface area contributed by atoms with Crippen LogP contribution in [0.25, 0.3) is 0 Å². The van der Waals surface area contributed by atoms with Crippen molar-refractivity contribution in [2.24, 2.45) is 0 Å². The number of nitrogens with two attached hydrogens (primary N) is 1. The molecule has 0 amide bonds. The highest BCUT2D eigenvalue weighted by Gasteiger charge is 2.15. The van der Waals surface area contributed by atoms with Gasteiger partial charge in [-0.2, -0.15) is 5.26 Å². The van der Waals surface area contributed by atoms with E-state index in [1.54, 1.807) is 19.2 Å². The number of anilines is 1. The molecule has 0 saturated carbocycles. The average molecular weight is 344 g/mol. The molecule has 0 saturated heterocycles. The summed E-state index contributed by atoms with van der Waals surface area (Å²) < 4.78 is 11.0. The van der Waals surface area contributed by atoms with Crippen molar-refractivity contribution in [2.75, 3.05) is 12.8 Å². The van der Waals surface area contributed by atoms with Crippen molar-refractivity contribution in [3.8, 4) is 17.6 Å². The Balaban J connectivity index is 2.26. The predicted octanol–water partition coefficient (Wildman–Crippen LogP) is 3.41. The van der Waals surface area contributed by atoms with E-state index >= 15 is 0 Å². The maximum Gasteiger partial charge on any atom is 0.190 e. The lowest BCUT2D eigenvalue weighted by Gasteiger charge is -2.13. The average Bonchev–Trinajstić information content (AvgIpc) is 2.59. The van der Waals surface area contributed by atoms with Crippen LogP contribution >= 0.6 is 11.8 Å². The lowest BCUT2D eigenvalue weighted by atomic mass is 10.2. The van der Waals surface area contributed by atoms with E-state index in [2.05, 4.69) is 29.9 Å². The molecule has 7 heteroatoms. The third kappa shape index (κ3) is 4.30. The summed E-state index contributed by atoms with van der Waals surface area (Å²) in [6.07, 6.45) is 0.987. The number of hydrogen-bond acceptors (Lipinski definition) is 7. The molecule has 1 heterocycles. The molecule has 2 aromatic rings. The van der Waals surface area contributed by atoms with Crippen LogP contribution in [0.1, 0.15) is 31.5 Å². The van der Waals surface area contributed by atoms with Crippen LogP contribution in [0.5, 0.6) is 11.5 Å². The van der Waals surface area contributed by atoms with Crippen LogP contribution in [0.3, 0.4) is 0 Å². The maximum absolute atomic E-state index is 9.32. The summed E-state index contributed by atoms with van der Waals surface area (Å²) in [5.41, 5.74) is 6.63. The molecule has 126 valence electrons. The summed E-state index contributed by atoms with van der Waals surface area (Å²) in [4.78, 5) is 8.65. The van der Waals surface area contributed by atoms with E-state index in [4.69, 9.17) is 15.2 Å². The third-order valence-electron chi connectivity index (χ3n) is 3.42. The van der Waals surface area contributed by atoms with Crippen molar-refractivity contribution in [1.82, 2.24) is 9.97 Å². The molecule has 2 rings (SSSR count). The number of benzene rings is 1. The van der Waals surface area contributed by atoms with Gasteiger partial charge in [-0.25, -0.2) is 9.97 Å². The van der Waals surface area contributed by atoms with Gasteiger partial charge in [-0.3, -0.25) is 0 Å². The van der Waals surface area contributed by atoms with E-state index < -0.39 is 0 Å². The van der Waals surface area contributed by atoms with Gasteiger partial charge < -0.3 is 15.2 Å². The fourth-order valence-electron chi connectivity index (χ4n) is 1.93. The molecule has 0 aliphatic heterocycles. The van der Waals surface area contributed by atoms with Crippen LogP contribution in [-0.4, -0.2) is 22.3 Å². The van der Waals surface area contributed by atoms with Crippen LogP contribution < -0.4 is 15.2 Å². The largest absolute Gasteiger partial charge is 0.493 e. The van der Waals surface area contributed by atoms with Crippen molar-refractivity contribution in [2.45, 2.75) is 37.3 Å². The van der Waals surface area contributed by atoms with Crippen LogP contribution in [-0.2, 0) is 6.61 Å². The number of ether oxygens (including phenoxy) is 2. The topological polar surface area (TPSA) is 94.0 Å². The minimum atomic E-state index is 0.115. The molecule has 0 bridgehead atoms. The molecule has 0 aliphatic rings. The number of aromatic nitrogens is 2. The highest BCUT2D eigenvalue weighted by atomic mass is 32.2. The molecular weight excluding hydrogens is 324 g/mol. The van der Waals surface area contributed by atoms with E-state index in [1.165, 1.54) is 11.8 Å². The number of rotatable bonds is 7. The first kappa shape index (κ1) is 17.9. The smallest absolute Gasteiger partial charge is 0.190 e. The van der Waals surface area contributed by atoms with Gasteiger partial charge in [-0.05, 0) is 18.6 Å². The Kier molecular flexibility index (Phi) is 6.27. The second-order valence-corrected chi connectivity index (χ2v) is 6.51. The predicted molar refractivity (Wildman–Crippen MR) is 94.1 cm³/mol. The van der Waals surface area contributed by atoms with E-state index in [0.29, 0.717) is 27.6 Å². The second-order valence-electron chi connectivity index (χ2n) is 5.10. The number of hydrogen-bond donors (Lipinski definition) is 1. The van der Waals surface area contributed by atoms with Crippen molar-refractivity contribution in [1.29, 1.82) is 5.26 Å². The Bertz CT molecular complexity index is 746. The van der Waals surface area contributed by atoms with E-state index in [1.807, 2.05) is 12.1 Å². The first-order chi connectivity index (χ1) is 11.6. The molecule has 0 radical (unpaired) electrons. The number of nitriles is 1. The second kappa shape index (κ2) is 8.41. The Labute approximate surface area is 146 Å². The molecule has 1 atom stereocenters. The first-order valence-corrected chi connectivity index (χ1v) is 8.45. The zero-order chi connectivity index (χ0) is 17.5. The molecule has 1 aromatic carbocycles. The molecule has 6 nitrogen and oxygen atoms in total. The number of methoxy groups -OCH3 is 1. The Morgan fingerprint density at radius 1 is 1.29 bits per heavy atom. The van der Waals surface area contributed by atoms with Gasteiger partial charge in [0.1, 0.15) is 29.8 Å². The molecule has 2 N–H and O–H groups in total. The zero-order valence-electron chi connectivity index (χ0n) is 13.9. The van der Waals surface area contributed by atoms with Crippen molar-refractivity contribution in [3.05, 3.63) is 35.5 Å². The van der Waals surface area contributed by atoms with Crippen molar-refractivity contribution >= 4 is 17.6 Å². The summed E-state index contributed by atoms with van der Waals surface area (Å²) >= 11 is 1.53. The van der Waals surface area contributed by atoms with Crippen LogP contribution in [0.2, 0.25) is 0 Å². The fourth-order valence-corrected chi connectivity index (χ4v) is 2.77. The highest BCUT2D eigenvalue weighted by molar-refractivity contribution is 7.99. The van der Waals surface area contributed by atoms with Gasteiger partial charge in [-0.1, -0.05) is 37.7 Å². The Hall–Kier alpha value is -2.46. The molecule has 0 aliphatic carbocycles. The van der Waals surface area contributed by atoms with Gasteiger partial charge in [-0.15, -0.1) is 0 Å². The zero-order valence-corrected chi connectivity index (χ0v) is 14.8. The van der Waals surface area contributed by atoms with Gasteiger partial charge in [0.15, 0.2) is 16.7 Å². The first-order valence-electron chi connectivity index (χ1n) is 7.58. The Morgan fingerprint density at radius 3 is 2.62 bits per heavy atom. The SMILES string of the molecule is CC[C@@H](C)Sc1nc(N)c(C#N)c(COc2ccccc2OC)n1. The van der Waals surface area contributed by atoms with Gasteiger partial charge in [0, 0.05) is 5.25 Å². The van der Waals surface area contributed by atoms with Gasteiger partial charge >= 0.3 is 0 Å². The minimum Gasteiger partial charge on any atom is -0.493 e. The molecule has 24 heavy (non-hydrogen) atoms. The quantitative estimate of drug-likeness (QED) is 0.607. The normalized spacial score (nSPS) is 11.6. The van der Waals surface area contributed by atoms with Crippen molar-refractivity contribution < 1.29 is 9.47 Å². The van der Waals surface area contributed by atoms with Crippen LogP contribution in [0.15, 0.2) is 29.4 Å². The van der Waals surface area contributed by atoms with Crippen molar-refractivity contribution in [3.63, 3.8) is 0 Å². The van der Waals surface area contributed by atoms with Crippen LogP contribution in [0, 0.1) is 11.3 Å². The van der Waals surface area contributed by atoms with E-state index in [-0.39, 0.29) is 18.0 Å². The monoisotopic (exact) mass is 344 g/mol. The summed E-state index contributed by atoms with van der Waals surface area (Å²) in [5, 5.41) is 10.2. The maximum atomic E-state index is 9.32. The standard InChI is InChI=1S/C17H20N4O2S/c1-4-11(2)24-17-20-13(12(9-18)16(19)21-17)10-23-15-8-6-5-7-14(15)22-3/h5-8,11H,4,10H2,1-3H3,(H2,19,20,21)/t11-/m1/s1. The summed E-state index contributed by atoms with van der Waals surface area (Å²) in [7, 11) is 1.58. The molecule has 0 unspecified atom stereocenters. The third-order valence-corrected chi connectivity index (χ3v) is 4.55. The fraction of sp³-hybridized carbons (Fsp3) is 0.353. The Morgan fingerprint density at radius 2 is 2.00 bits per heavy atom. The number of nitrogen functional groups attached to an aromatic ring is 1. The van der Waals surface area contributed by atoms with E-state index in [0.717, 1.165) is 6.42 Å². The summed E-state index contributed by atoms with van der Waals surface area (Å²) in [5.74, 6) is 1.38. The molecule has 0 spiro atoms. The van der Waals surface area contributed by atoms with E-state index in [9.17, 15) is 5.26 Å². The van der Waals surface area contributed by atoms with Gasteiger partial charge in [0.2, 0.25) is 0 Å². The molecule has 1 aromatic heterocycles. The van der Waals surface area contributed by atoms with Gasteiger partial charge in [0.05, 0.1) is 7.11 Å². The van der Waals surface area contributed by atoms with Gasteiger partial charge in [0.25, 0.3) is 0 Å². The number of nitrogens with zero attached hydrogens (tertiary/aromatic N) is 3. The highest BCUT2D eigenvalue weighted by Crippen LogP contribution is 2.28.